The molecule has 0 fully saturated rings. The van der Waals surface area contributed by atoms with Crippen LogP contribution in [0, 0.1) is 20.8 Å². The van der Waals surface area contributed by atoms with Crippen LogP contribution in [0.25, 0.3) is 0 Å². The Morgan fingerprint density at radius 2 is 1.73 bits per heavy atom. The Kier molecular flexibility index (Phi) is 4.30. The Labute approximate surface area is 92.3 Å². The summed E-state index contributed by atoms with van der Waals surface area (Å²) in [6, 6.07) is 4.76. The summed E-state index contributed by atoms with van der Waals surface area (Å²) in [4.78, 5) is 0. The third-order valence-electron chi connectivity index (χ3n) is 2.91. The van der Waals surface area contributed by atoms with E-state index >= 15 is 0 Å². The number of nitrogens with one attached hydrogen (secondary N) is 1. The fourth-order valence-electron chi connectivity index (χ4n) is 1.84. The second-order valence-electron chi connectivity index (χ2n) is 4.19. The Morgan fingerprint density at radius 3 is 2.33 bits per heavy atom. The average Bonchev–Trinajstić information content (AvgIpc) is 2.20. The fourth-order valence-corrected chi connectivity index (χ4v) is 1.84. The number of rotatable bonds is 4. The van der Waals surface area contributed by atoms with E-state index in [1.807, 2.05) is 0 Å². The summed E-state index contributed by atoms with van der Waals surface area (Å²) in [6.45, 7) is 9.38. The number of aliphatic hydroxyl groups is 1. The summed E-state index contributed by atoms with van der Waals surface area (Å²) in [7, 11) is 0. The fraction of sp³-hybridized carbons (Fsp3) is 0.538. The van der Waals surface area contributed by atoms with Gasteiger partial charge in [-0.15, -0.1) is 0 Å². The Morgan fingerprint density at radius 1 is 1.13 bits per heavy atom. The van der Waals surface area contributed by atoms with E-state index < -0.39 is 0 Å². The first kappa shape index (κ1) is 12.2. The predicted molar refractivity (Wildman–Crippen MR) is 64.2 cm³/mol. The Bertz CT molecular complexity index is 334. The molecule has 2 nitrogen and oxygen atoms in total. The van der Waals surface area contributed by atoms with E-state index in [0.717, 1.165) is 0 Å². The first-order valence-corrected chi connectivity index (χ1v) is 5.48. The second-order valence-corrected chi connectivity index (χ2v) is 4.19. The van der Waals surface area contributed by atoms with Crippen molar-refractivity contribution in [2.75, 3.05) is 13.2 Å². The van der Waals surface area contributed by atoms with E-state index in [2.05, 4.69) is 45.1 Å². The zero-order valence-electron chi connectivity index (χ0n) is 10.1. The summed E-state index contributed by atoms with van der Waals surface area (Å²) in [5.74, 6) is 0. The van der Waals surface area contributed by atoms with Crippen LogP contribution >= 0.6 is 0 Å². The lowest BCUT2D eigenvalue weighted by molar-refractivity contribution is 0.286. The van der Waals surface area contributed by atoms with Crippen molar-refractivity contribution in [1.29, 1.82) is 0 Å². The van der Waals surface area contributed by atoms with Crippen molar-refractivity contribution < 1.29 is 5.11 Å². The molecular formula is C13H21NO. The minimum Gasteiger partial charge on any atom is -0.395 e. The lowest BCUT2D eigenvalue weighted by Gasteiger charge is -2.17. The molecule has 0 aliphatic rings. The standard InChI is InChI=1S/C13H21NO/c1-9-7-11(3)13(8-10(9)2)12(4)14-5-6-15/h7-8,12,14-15H,5-6H2,1-4H3. The molecule has 1 aromatic rings. The zero-order valence-corrected chi connectivity index (χ0v) is 10.1. The number of hydrogen-bond donors (Lipinski definition) is 2. The summed E-state index contributed by atoms with van der Waals surface area (Å²) in [5.41, 5.74) is 5.31. The minimum absolute atomic E-state index is 0.189. The molecule has 1 unspecified atom stereocenters. The lowest BCUT2D eigenvalue weighted by Crippen LogP contribution is -2.22. The molecule has 1 atom stereocenters. The Balaban J connectivity index is 2.88. The first-order valence-electron chi connectivity index (χ1n) is 5.48. The molecule has 0 aliphatic heterocycles. The van der Waals surface area contributed by atoms with Gasteiger partial charge in [0.05, 0.1) is 6.61 Å². The highest BCUT2D eigenvalue weighted by Crippen LogP contribution is 2.21. The summed E-state index contributed by atoms with van der Waals surface area (Å²) < 4.78 is 0. The van der Waals surface area contributed by atoms with Crippen LogP contribution in [0.5, 0.6) is 0 Å². The molecule has 0 bridgehead atoms. The van der Waals surface area contributed by atoms with Gasteiger partial charge in [0, 0.05) is 12.6 Å². The topological polar surface area (TPSA) is 32.3 Å². The van der Waals surface area contributed by atoms with Gasteiger partial charge in [-0.2, -0.15) is 0 Å². The smallest absolute Gasteiger partial charge is 0.0556 e. The van der Waals surface area contributed by atoms with Gasteiger partial charge in [-0.3, -0.25) is 0 Å². The van der Waals surface area contributed by atoms with E-state index in [-0.39, 0.29) is 6.61 Å². The van der Waals surface area contributed by atoms with Gasteiger partial charge in [0.2, 0.25) is 0 Å². The van der Waals surface area contributed by atoms with Crippen molar-refractivity contribution in [3.8, 4) is 0 Å². The van der Waals surface area contributed by atoms with Gasteiger partial charge >= 0.3 is 0 Å². The van der Waals surface area contributed by atoms with Crippen molar-refractivity contribution in [2.45, 2.75) is 33.7 Å². The molecule has 0 aliphatic carbocycles. The number of benzene rings is 1. The van der Waals surface area contributed by atoms with E-state index in [1.54, 1.807) is 0 Å². The molecule has 0 saturated heterocycles. The lowest BCUT2D eigenvalue weighted by atomic mass is 9.96. The van der Waals surface area contributed by atoms with Gasteiger partial charge in [0.1, 0.15) is 0 Å². The summed E-state index contributed by atoms with van der Waals surface area (Å²) in [5, 5.41) is 12.1. The zero-order chi connectivity index (χ0) is 11.4. The van der Waals surface area contributed by atoms with Gasteiger partial charge in [0.25, 0.3) is 0 Å². The van der Waals surface area contributed by atoms with Crippen molar-refractivity contribution in [3.05, 3.63) is 34.4 Å². The van der Waals surface area contributed by atoms with Crippen LogP contribution in [0.1, 0.15) is 35.2 Å². The highest BCUT2D eigenvalue weighted by Gasteiger charge is 2.08. The van der Waals surface area contributed by atoms with E-state index in [4.69, 9.17) is 5.11 Å². The van der Waals surface area contributed by atoms with Crippen LogP contribution in [0.3, 0.4) is 0 Å². The normalized spacial score (nSPS) is 12.9. The quantitative estimate of drug-likeness (QED) is 0.793. The summed E-state index contributed by atoms with van der Waals surface area (Å²) >= 11 is 0. The maximum absolute atomic E-state index is 8.77. The molecule has 0 saturated carbocycles. The predicted octanol–water partition coefficient (Wildman–Crippen LogP) is 2.25. The Hall–Kier alpha value is -0.860. The second kappa shape index (κ2) is 5.29. The van der Waals surface area contributed by atoms with Crippen molar-refractivity contribution in [2.24, 2.45) is 0 Å². The van der Waals surface area contributed by atoms with E-state index in [1.165, 1.54) is 22.3 Å². The van der Waals surface area contributed by atoms with Crippen molar-refractivity contribution in [3.63, 3.8) is 0 Å². The molecule has 2 heteroatoms. The van der Waals surface area contributed by atoms with Crippen LogP contribution < -0.4 is 5.32 Å². The number of aliphatic hydroxyl groups excluding tert-OH is 1. The van der Waals surface area contributed by atoms with Gasteiger partial charge in [0.15, 0.2) is 0 Å². The van der Waals surface area contributed by atoms with Crippen LogP contribution in [0.4, 0.5) is 0 Å². The summed E-state index contributed by atoms with van der Waals surface area (Å²) in [6.07, 6.45) is 0. The van der Waals surface area contributed by atoms with E-state index in [9.17, 15) is 0 Å². The third kappa shape index (κ3) is 3.05. The number of aryl methyl sites for hydroxylation is 3. The number of hydrogen-bond acceptors (Lipinski definition) is 2. The largest absolute Gasteiger partial charge is 0.395 e. The molecular weight excluding hydrogens is 186 g/mol. The van der Waals surface area contributed by atoms with Crippen LogP contribution in [-0.4, -0.2) is 18.3 Å². The third-order valence-corrected chi connectivity index (χ3v) is 2.91. The molecule has 15 heavy (non-hydrogen) atoms. The molecule has 2 N–H and O–H groups in total. The molecule has 0 heterocycles. The van der Waals surface area contributed by atoms with Crippen molar-refractivity contribution in [1.82, 2.24) is 5.32 Å². The molecule has 0 spiro atoms. The highest BCUT2D eigenvalue weighted by molar-refractivity contribution is 5.37. The van der Waals surface area contributed by atoms with Crippen molar-refractivity contribution >= 4 is 0 Å². The van der Waals surface area contributed by atoms with Gasteiger partial charge in [-0.1, -0.05) is 12.1 Å². The molecule has 0 amide bonds. The molecule has 84 valence electrons. The highest BCUT2D eigenvalue weighted by atomic mass is 16.3. The average molecular weight is 207 g/mol. The van der Waals surface area contributed by atoms with Crippen LogP contribution in [0.2, 0.25) is 0 Å². The van der Waals surface area contributed by atoms with Gasteiger partial charge < -0.3 is 10.4 Å². The molecule has 1 rings (SSSR count). The van der Waals surface area contributed by atoms with Gasteiger partial charge in [-0.05, 0) is 49.9 Å². The maximum Gasteiger partial charge on any atom is 0.0556 e. The van der Waals surface area contributed by atoms with E-state index in [0.29, 0.717) is 12.6 Å². The molecule has 1 aromatic carbocycles. The maximum atomic E-state index is 8.77. The molecule has 0 aromatic heterocycles. The first-order chi connectivity index (χ1) is 7.06. The van der Waals surface area contributed by atoms with Crippen LogP contribution in [-0.2, 0) is 0 Å². The van der Waals surface area contributed by atoms with Crippen LogP contribution in [0.15, 0.2) is 12.1 Å². The monoisotopic (exact) mass is 207 g/mol. The van der Waals surface area contributed by atoms with Gasteiger partial charge in [-0.25, -0.2) is 0 Å². The molecule has 0 radical (unpaired) electrons. The minimum atomic E-state index is 0.189. The SMILES string of the molecule is Cc1cc(C)c(C(C)NCCO)cc1C.